The Bertz CT molecular complexity index is 2310. The molecule has 2 N–H and O–H groups in total. The first-order valence-electron chi connectivity index (χ1n) is 19.1. The molecule has 8 rings (SSSR count). The molecule has 2 unspecified atom stereocenters. The molecule has 5 aliphatic heterocycles. The Balaban J connectivity index is 0.854. The quantitative estimate of drug-likeness (QED) is 0.272. The minimum Gasteiger partial charge on any atom is -0.369 e. The Labute approximate surface area is 338 Å². The van der Waals surface area contributed by atoms with E-state index < -0.39 is 63.9 Å². The number of aromatic nitrogens is 1. The summed E-state index contributed by atoms with van der Waals surface area (Å²) < 4.78 is 56.2. The second-order valence-corrected chi connectivity index (χ2v) is 17.6. The molecule has 0 saturated carbocycles. The van der Waals surface area contributed by atoms with Crippen LogP contribution in [0, 0.1) is 0 Å². The lowest BCUT2D eigenvalue weighted by atomic mass is 9.74. The number of hydrogen-bond donors (Lipinski definition) is 2. The molecular weight excluding hydrogens is 798 g/mol. The first-order chi connectivity index (χ1) is 27.8. The van der Waals surface area contributed by atoms with Crippen LogP contribution in [0.15, 0.2) is 54.7 Å². The fourth-order valence-corrected chi connectivity index (χ4v) is 10.6. The first-order valence-corrected chi connectivity index (χ1v) is 21.1. The summed E-state index contributed by atoms with van der Waals surface area (Å²) in [5.41, 5.74) is 1.33. The smallest absolute Gasteiger partial charge is 0.264 e. The molecule has 1 aromatic heterocycles. The van der Waals surface area contributed by atoms with Gasteiger partial charge in [-0.05, 0) is 55.3 Å². The van der Waals surface area contributed by atoms with E-state index in [2.05, 4.69) is 20.5 Å². The summed E-state index contributed by atoms with van der Waals surface area (Å²) in [5.74, 6) is -2.40. The lowest BCUT2D eigenvalue weighted by Gasteiger charge is -2.37. The van der Waals surface area contributed by atoms with Crippen molar-refractivity contribution in [1.29, 1.82) is 0 Å². The zero-order valence-corrected chi connectivity index (χ0v) is 32.9. The van der Waals surface area contributed by atoms with Gasteiger partial charge in [0.2, 0.25) is 34.2 Å². The third-order valence-electron chi connectivity index (χ3n) is 11.8. The van der Waals surface area contributed by atoms with Crippen LogP contribution in [0.5, 0.6) is 0 Å². The van der Waals surface area contributed by atoms with Gasteiger partial charge >= 0.3 is 0 Å². The molecule has 2 atom stereocenters. The van der Waals surface area contributed by atoms with Crippen LogP contribution in [-0.2, 0) is 29.8 Å². The topological polar surface area (TPSA) is 173 Å². The lowest BCUT2D eigenvalue weighted by Crippen LogP contribution is -2.54. The van der Waals surface area contributed by atoms with E-state index in [1.165, 1.54) is 15.4 Å². The van der Waals surface area contributed by atoms with Crippen LogP contribution in [0.25, 0.3) is 0 Å². The molecular formula is C39H41ClF2N8O7S. The summed E-state index contributed by atoms with van der Waals surface area (Å²) in [7, 11) is -3.78. The van der Waals surface area contributed by atoms with Gasteiger partial charge in [-0.3, -0.25) is 39.1 Å². The van der Waals surface area contributed by atoms with Gasteiger partial charge in [0.25, 0.3) is 11.8 Å². The third-order valence-corrected chi connectivity index (χ3v) is 14.0. The minimum atomic E-state index is -3.78. The Kier molecular flexibility index (Phi) is 10.7. The second kappa shape index (κ2) is 15.6. The van der Waals surface area contributed by atoms with Gasteiger partial charge in [-0.15, -0.1) is 0 Å². The number of hydrogen-bond acceptors (Lipinski definition) is 11. The van der Waals surface area contributed by atoms with Gasteiger partial charge in [-0.2, -0.15) is 4.31 Å². The maximum atomic E-state index is 14.1. The number of anilines is 3. The fraction of sp³-hybridized carbons (Fsp3) is 0.436. The Morgan fingerprint density at radius 1 is 0.948 bits per heavy atom. The molecule has 5 aliphatic rings. The molecule has 2 aromatic carbocycles. The molecule has 3 fully saturated rings. The summed E-state index contributed by atoms with van der Waals surface area (Å²) in [6.07, 6.45) is -1.23. The van der Waals surface area contributed by atoms with Crippen molar-refractivity contribution < 1.29 is 41.2 Å². The number of imide groups is 2. The number of piperidine rings is 1. The van der Waals surface area contributed by atoms with Crippen LogP contribution >= 0.6 is 11.6 Å². The van der Waals surface area contributed by atoms with Gasteiger partial charge in [0.05, 0.1) is 29.1 Å². The summed E-state index contributed by atoms with van der Waals surface area (Å²) >= 11 is 6.53. The number of benzene rings is 2. The lowest BCUT2D eigenvalue weighted by molar-refractivity contribution is -0.136. The second-order valence-electron chi connectivity index (χ2n) is 15.1. The van der Waals surface area contributed by atoms with Crippen molar-refractivity contribution in [2.45, 2.75) is 43.6 Å². The molecule has 6 heterocycles. The van der Waals surface area contributed by atoms with E-state index in [0.29, 0.717) is 72.5 Å². The van der Waals surface area contributed by atoms with Crippen molar-refractivity contribution in [1.82, 2.24) is 24.4 Å². The van der Waals surface area contributed by atoms with E-state index in [0.717, 1.165) is 4.90 Å². The van der Waals surface area contributed by atoms with Crippen molar-refractivity contribution >= 4 is 68.4 Å². The molecule has 3 aromatic rings. The number of nitrogens with zero attached hydrogens (tertiary/aromatic N) is 6. The van der Waals surface area contributed by atoms with Gasteiger partial charge in [-0.1, -0.05) is 29.8 Å². The number of alkyl halides is 2. The van der Waals surface area contributed by atoms with E-state index in [1.54, 1.807) is 48.5 Å². The highest BCUT2D eigenvalue weighted by Crippen LogP contribution is 2.48. The van der Waals surface area contributed by atoms with Crippen LogP contribution in [0.4, 0.5) is 26.0 Å². The first kappa shape index (κ1) is 39.8. The average Bonchev–Trinajstić information content (AvgIpc) is 3.70. The Morgan fingerprint density at radius 2 is 1.72 bits per heavy atom. The van der Waals surface area contributed by atoms with Gasteiger partial charge in [-0.25, -0.2) is 22.2 Å². The monoisotopic (exact) mass is 838 g/mol. The molecule has 0 bridgehead atoms. The number of carbonyl (C=O) groups is 5. The van der Waals surface area contributed by atoms with Gasteiger partial charge < -0.3 is 15.1 Å². The number of rotatable bonds is 11. The number of amides is 5. The van der Waals surface area contributed by atoms with E-state index in [4.69, 9.17) is 11.6 Å². The van der Waals surface area contributed by atoms with Gasteiger partial charge in [0.1, 0.15) is 11.9 Å². The number of carbonyl (C=O) groups excluding carboxylic acids is 5. The van der Waals surface area contributed by atoms with Crippen LogP contribution in [0.1, 0.15) is 57.5 Å². The number of piperazine rings is 2. The minimum absolute atomic E-state index is 0.0307. The number of fused-ring (bicyclic) bond motifs is 2. The van der Waals surface area contributed by atoms with E-state index >= 15 is 0 Å². The summed E-state index contributed by atoms with van der Waals surface area (Å²) in [5, 5.41) is 5.63. The highest BCUT2D eigenvalue weighted by molar-refractivity contribution is 7.89. The Morgan fingerprint density at radius 3 is 2.47 bits per heavy atom. The average molecular weight is 839 g/mol. The van der Waals surface area contributed by atoms with Crippen molar-refractivity contribution in [3.05, 3.63) is 82.0 Å². The van der Waals surface area contributed by atoms with Crippen LogP contribution in [0.2, 0.25) is 5.02 Å². The standard InChI is InChI=1S/C39H41ClF2N8O7S/c40-27-10-11-43-35-34(27)39(23-44-35,21-30(41)42)24-4-1-5-25(20-24)49-18-17-48(22-32(49)52)58(56,57)19-3-12-46-13-15-47(16-14-46)28-7-2-6-26-33(28)38(55)50(37(26)54)29-8-9-31(51)45-36(29)53/h1-2,4-7,10-11,20,29-30H,3,8-9,12-19,21-23H2,(H,43,44)(H,45,51,53). The molecule has 0 aliphatic carbocycles. The molecule has 19 heteroatoms. The van der Waals surface area contributed by atoms with Crippen LogP contribution in [0.3, 0.4) is 0 Å². The predicted octanol–water partition coefficient (Wildman–Crippen LogP) is 2.69. The maximum absolute atomic E-state index is 14.1. The largest absolute Gasteiger partial charge is 0.369 e. The molecule has 5 amide bonds. The molecule has 58 heavy (non-hydrogen) atoms. The zero-order valence-electron chi connectivity index (χ0n) is 31.3. The van der Waals surface area contributed by atoms with Crippen LogP contribution < -0.4 is 20.4 Å². The van der Waals surface area contributed by atoms with Gasteiger partial charge in [0.15, 0.2) is 0 Å². The van der Waals surface area contributed by atoms with E-state index in [-0.39, 0.29) is 55.9 Å². The summed E-state index contributed by atoms with van der Waals surface area (Å²) in [4.78, 5) is 75.4. The zero-order chi connectivity index (χ0) is 40.9. The normalized spacial score (nSPS) is 23.1. The molecule has 3 saturated heterocycles. The van der Waals surface area contributed by atoms with Crippen molar-refractivity contribution in [2.24, 2.45) is 0 Å². The molecule has 15 nitrogen and oxygen atoms in total. The predicted molar refractivity (Wildman–Crippen MR) is 210 cm³/mol. The fourth-order valence-electron chi connectivity index (χ4n) is 8.86. The molecule has 306 valence electrons. The van der Waals surface area contributed by atoms with E-state index in [1.807, 2.05) is 4.90 Å². The van der Waals surface area contributed by atoms with Crippen molar-refractivity contribution in [3.8, 4) is 0 Å². The number of halogens is 3. The number of nitrogens with one attached hydrogen (secondary N) is 2. The third kappa shape index (κ3) is 7.20. The van der Waals surface area contributed by atoms with Crippen LogP contribution in [-0.4, -0.2) is 134 Å². The molecule has 0 radical (unpaired) electrons. The maximum Gasteiger partial charge on any atom is 0.264 e. The van der Waals surface area contributed by atoms with Gasteiger partial charge in [0, 0.05) is 86.5 Å². The molecule has 0 spiro atoms. The summed E-state index contributed by atoms with van der Waals surface area (Å²) in [6.45, 7) is 2.61. The van der Waals surface area contributed by atoms with Crippen molar-refractivity contribution in [2.75, 3.05) is 79.8 Å². The highest BCUT2D eigenvalue weighted by Gasteiger charge is 2.47. The Hall–Kier alpha value is -5.04. The number of sulfonamides is 1. The number of pyridine rings is 1. The SMILES string of the molecule is O=C1CCC(N2C(=O)c3cccc(N4CCN(CCCS(=O)(=O)N5CCN(c6cccc(C7(CC(F)F)CNc8nccc(Cl)c87)c6)C(=O)C5)CC4)c3C2=O)C(=O)N1. The van der Waals surface area contributed by atoms with E-state index in [9.17, 15) is 41.2 Å². The highest BCUT2D eigenvalue weighted by atomic mass is 35.5. The van der Waals surface area contributed by atoms with Crippen molar-refractivity contribution in [3.63, 3.8) is 0 Å². The summed E-state index contributed by atoms with van der Waals surface area (Å²) in [6, 6.07) is 12.3.